The molecule has 0 saturated heterocycles. The van der Waals surface area contributed by atoms with Gasteiger partial charge < -0.3 is 36.2 Å². The second-order valence-electron chi connectivity index (χ2n) is 13.3. The maximum atomic E-state index is 14.4. The van der Waals surface area contributed by atoms with Gasteiger partial charge >= 0.3 is 5.97 Å². The normalized spacial score (nSPS) is 19.5. The smallest absolute Gasteiger partial charge is 0.326 e. The van der Waals surface area contributed by atoms with Crippen LogP contribution in [0.3, 0.4) is 0 Å². The van der Waals surface area contributed by atoms with Crippen molar-refractivity contribution in [3.8, 4) is 22.6 Å². The number of amides is 4. The van der Waals surface area contributed by atoms with E-state index in [0.717, 1.165) is 11.1 Å². The minimum atomic E-state index is -1.37. The Hall–Kier alpha value is -6.73. The molecule has 3 heterocycles. The van der Waals surface area contributed by atoms with Crippen LogP contribution in [0, 0.1) is 0 Å². The highest BCUT2D eigenvalue weighted by molar-refractivity contribution is 7.11. The third-order valence-electron chi connectivity index (χ3n) is 9.24. The number of thiophene rings is 1. The summed E-state index contributed by atoms with van der Waals surface area (Å²) < 4.78 is 5.68. The molecule has 4 aromatic carbocycles. The number of aromatic hydroxyl groups is 1. The minimum Gasteiger partial charge on any atom is -0.508 e. The first-order valence-corrected chi connectivity index (χ1v) is 18.7. The van der Waals surface area contributed by atoms with Crippen LogP contribution in [0.4, 0.5) is 0 Å². The first kappa shape index (κ1) is 39.0. The lowest BCUT2D eigenvalue weighted by Crippen LogP contribution is -2.59. The average Bonchev–Trinajstić information content (AvgIpc) is 3.75. The van der Waals surface area contributed by atoms with Crippen molar-refractivity contribution < 1.29 is 38.9 Å². The summed E-state index contributed by atoms with van der Waals surface area (Å²) in [6.07, 6.45) is -0.177. The van der Waals surface area contributed by atoms with E-state index in [1.165, 1.54) is 23.5 Å². The third kappa shape index (κ3) is 10.3. The predicted molar refractivity (Wildman–Crippen MR) is 212 cm³/mol. The quantitative estimate of drug-likeness (QED) is 0.126. The van der Waals surface area contributed by atoms with Crippen LogP contribution in [-0.4, -0.2) is 70.6 Å². The monoisotopic (exact) mass is 772 g/mol. The molecule has 56 heavy (non-hydrogen) atoms. The van der Waals surface area contributed by atoms with Crippen LogP contribution in [0.25, 0.3) is 16.7 Å². The number of ether oxygens (including phenoxy) is 1. The summed E-state index contributed by atoms with van der Waals surface area (Å²) in [5.41, 5.74) is 4.03. The van der Waals surface area contributed by atoms with E-state index >= 15 is 0 Å². The first-order valence-electron chi connectivity index (χ1n) is 17.8. The van der Waals surface area contributed by atoms with Crippen molar-refractivity contribution in [1.82, 2.24) is 21.3 Å². The zero-order valence-electron chi connectivity index (χ0n) is 30.1. The van der Waals surface area contributed by atoms with E-state index in [1.54, 1.807) is 53.9 Å². The summed E-state index contributed by atoms with van der Waals surface area (Å²) in [5, 5.41) is 32.6. The standard InChI is InChI=1S/C43H40N4O8S/c1-26(37-8-5-21-56-37)39-42(52)45-35(22-27-9-15-31(16-10-27)30-6-3-2-4-7-30)40(50)44-34(23-28-11-17-32(48)18-12-28)41(51)46-36(43(53)54)24-29-13-19-33(20-14-29)55-25-38(49)47-39/h2-21,34-36,39,48H,1,22-25H2,(H,44,50)(H,45,52)(H,46,51)(H,47,49)(H,53,54). The van der Waals surface area contributed by atoms with Gasteiger partial charge in [0.2, 0.25) is 17.7 Å². The number of carbonyl (C=O) groups is 5. The van der Waals surface area contributed by atoms with Gasteiger partial charge in [0, 0.05) is 24.1 Å². The minimum absolute atomic E-state index is 0.00283. The fraction of sp³-hybridized carbons (Fsp3) is 0.186. The second kappa shape index (κ2) is 18.1. The lowest BCUT2D eigenvalue weighted by atomic mass is 9.98. The highest BCUT2D eigenvalue weighted by Gasteiger charge is 2.33. The molecule has 4 atom stereocenters. The van der Waals surface area contributed by atoms with E-state index in [-0.39, 0.29) is 30.6 Å². The van der Waals surface area contributed by atoms with Crippen LogP contribution in [0.1, 0.15) is 21.6 Å². The van der Waals surface area contributed by atoms with E-state index < -0.39 is 60.4 Å². The van der Waals surface area contributed by atoms with Crippen molar-refractivity contribution in [3.63, 3.8) is 0 Å². The number of carbonyl (C=O) groups excluding carboxylic acids is 4. The molecule has 2 aliphatic heterocycles. The molecule has 12 nitrogen and oxygen atoms in total. The summed E-state index contributed by atoms with van der Waals surface area (Å²) >= 11 is 1.32. The Bertz CT molecular complexity index is 2170. The molecule has 0 fully saturated rings. The van der Waals surface area contributed by atoms with E-state index in [1.807, 2.05) is 54.6 Å². The molecular formula is C43H40N4O8S. The molecule has 286 valence electrons. The molecule has 6 N–H and O–H groups in total. The van der Waals surface area contributed by atoms with Gasteiger partial charge in [-0.3, -0.25) is 19.2 Å². The van der Waals surface area contributed by atoms with Crippen LogP contribution in [0.15, 0.2) is 127 Å². The summed E-state index contributed by atoms with van der Waals surface area (Å²) in [7, 11) is 0. The third-order valence-corrected chi connectivity index (χ3v) is 10.2. The molecule has 2 bridgehead atoms. The lowest BCUT2D eigenvalue weighted by molar-refractivity contribution is -0.142. The summed E-state index contributed by atoms with van der Waals surface area (Å²) in [4.78, 5) is 68.9. The molecule has 0 spiro atoms. The van der Waals surface area contributed by atoms with Gasteiger partial charge in [-0.25, -0.2) is 4.79 Å². The van der Waals surface area contributed by atoms with Gasteiger partial charge in [-0.1, -0.05) is 91.5 Å². The van der Waals surface area contributed by atoms with E-state index in [0.29, 0.717) is 27.3 Å². The molecule has 0 radical (unpaired) electrons. The molecule has 0 aliphatic carbocycles. The summed E-state index contributed by atoms with van der Waals surface area (Å²) in [5.74, 6) is -3.85. The molecule has 1 aromatic heterocycles. The van der Waals surface area contributed by atoms with Crippen LogP contribution in [0.2, 0.25) is 0 Å². The fourth-order valence-electron chi connectivity index (χ4n) is 6.21. The molecule has 0 saturated carbocycles. The first-order chi connectivity index (χ1) is 27.0. The summed E-state index contributed by atoms with van der Waals surface area (Å²) in [6, 6.07) is 27.9. The number of rotatable bonds is 8. The Morgan fingerprint density at radius 2 is 1.29 bits per heavy atom. The van der Waals surface area contributed by atoms with Crippen LogP contribution in [0.5, 0.6) is 11.5 Å². The molecular weight excluding hydrogens is 733 g/mol. The lowest BCUT2D eigenvalue weighted by Gasteiger charge is -2.27. The SMILES string of the molecule is C=C(c1cccs1)C1NC(=O)COc2ccc(cc2)CC(C(=O)O)NC(=O)C(Cc2ccc(O)cc2)NC(=O)C(Cc2ccc(-c3ccccc3)cc2)NC1=O. The van der Waals surface area contributed by atoms with Crippen molar-refractivity contribution in [2.75, 3.05) is 6.61 Å². The van der Waals surface area contributed by atoms with Crippen molar-refractivity contribution in [2.24, 2.45) is 0 Å². The van der Waals surface area contributed by atoms with Crippen LogP contribution < -0.4 is 26.0 Å². The highest BCUT2D eigenvalue weighted by atomic mass is 32.1. The number of benzene rings is 4. The maximum absolute atomic E-state index is 14.4. The number of fused-ring (bicyclic) bond motifs is 16. The van der Waals surface area contributed by atoms with E-state index in [4.69, 9.17) is 4.74 Å². The fourth-order valence-corrected chi connectivity index (χ4v) is 6.94. The number of hydrogen-bond acceptors (Lipinski definition) is 8. The second-order valence-corrected chi connectivity index (χ2v) is 14.2. The number of nitrogens with one attached hydrogen (secondary N) is 4. The van der Waals surface area contributed by atoms with Gasteiger partial charge in [0.15, 0.2) is 6.61 Å². The van der Waals surface area contributed by atoms with Gasteiger partial charge in [0.25, 0.3) is 5.91 Å². The molecule has 4 unspecified atom stereocenters. The largest absolute Gasteiger partial charge is 0.508 e. The average molecular weight is 773 g/mol. The van der Waals surface area contributed by atoms with Crippen molar-refractivity contribution >= 4 is 46.5 Å². The number of carboxylic acids is 1. The molecule has 5 aromatic rings. The number of phenolic OH excluding ortho intramolecular Hbond substituents is 1. The van der Waals surface area contributed by atoms with E-state index in [2.05, 4.69) is 27.8 Å². The summed E-state index contributed by atoms with van der Waals surface area (Å²) in [6.45, 7) is 3.66. The number of hydrogen-bond donors (Lipinski definition) is 6. The zero-order valence-corrected chi connectivity index (χ0v) is 31.0. The molecule has 7 rings (SSSR count). The number of aliphatic carboxylic acids is 1. The maximum Gasteiger partial charge on any atom is 0.326 e. The van der Waals surface area contributed by atoms with Gasteiger partial charge in [-0.15, -0.1) is 11.3 Å². The zero-order chi connectivity index (χ0) is 39.6. The van der Waals surface area contributed by atoms with Gasteiger partial charge in [0.1, 0.15) is 35.7 Å². The molecule has 13 heteroatoms. The van der Waals surface area contributed by atoms with Gasteiger partial charge in [-0.05, 0) is 69.1 Å². The van der Waals surface area contributed by atoms with Crippen LogP contribution >= 0.6 is 11.3 Å². The Morgan fingerprint density at radius 3 is 1.89 bits per heavy atom. The van der Waals surface area contributed by atoms with Crippen molar-refractivity contribution in [2.45, 2.75) is 43.4 Å². The van der Waals surface area contributed by atoms with Gasteiger partial charge in [-0.2, -0.15) is 0 Å². The van der Waals surface area contributed by atoms with Crippen LogP contribution in [-0.2, 0) is 43.2 Å². The number of carboxylic acid groups (broad SMARTS) is 1. The van der Waals surface area contributed by atoms with E-state index in [9.17, 15) is 34.2 Å². The Kier molecular flexibility index (Phi) is 12.6. The highest BCUT2D eigenvalue weighted by Crippen LogP contribution is 2.24. The topological polar surface area (TPSA) is 183 Å². The Balaban J connectivity index is 1.36. The van der Waals surface area contributed by atoms with Crippen molar-refractivity contribution in [3.05, 3.63) is 149 Å². The number of phenols is 1. The predicted octanol–water partition coefficient (Wildman–Crippen LogP) is 4.28. The Morgan fingerprint density at radius 1 is 0.696 bits per heavy atom. The van der Waals surface area contributed by atoms with Crippen molar-refractivity contribution in [1.29, 1.82) is 0 Å². The molecule has 2 aliphatic rings. The Labute approximate surface area is 327 Å². The van der Waals surface area contributed by atoms with Gasteiger partial charge in [0.05, 0.1) is 0 Å². The molecule has 4 amide bonds.